The summed E-state index contributed by atoms with van der Waals surface area (Å²) in [7, 11) is 0. The highest BCUT2D eigenvalue weighted by Gasteiger charge is 2.61. The maximum Gasteiger partial charge on any atom is 0.237 e. The third-order valence-corrected chi connectivity index (χ3v) is 7.54. The lowest BCUT2D eigenvalue weighted by Crippen LogP contribution is -2.52. The van der Waals surface area contributed by atoms with Gasteiger partial charge in [0.25, 0.3) is 0 Å². The third-order valence-electron chi connectivity index (χ3n) is 7.31. The number of amides is 1. The number of alkyl halides is 1. The van der Waals surface area contributed by atoms with Gasteiger partial charge in [0.15, 0.2) is 0 Å². The summed E-state index contributed by atoms with van der Waals surface area (Å²) in [6, 6.07) is 9.32. The van der Waals surface area contributed by atoms with E-state index in [1.54, 1.807) is 6.07 Å². The van der Waals surface area contributed by atoms with Crippen molar-refractivity contribution >= 4 is 23.0 Å². The van der Waals surface area contributed by atoms with Crippen molar-refractivity contribution in [2.45, 2.75) is 36.9 Å². The number of piperazine rings is 1. The monoisotopic (exact) mass is 481 g/mol. The molecule has 0 spiro atoms. The molecule has 34 heavy (non-hydrogen) atoms. The Labute approximate surface area is 200 Å². The molecule has 1 aliphatic heterocycles. The lowest BCUT2D eigenvalue weighted by Gasteiger charge is -2.39. The van der Waals surface area contributed by atoms with Gasteiger partial charge in [0, 0.05) is 43.1 Å². The second-order valence-electron chi connectivity index (χ2n) is 9.27. The van der Waals surface area contributed by atoms with Crippen LogP contribution in [0.4, 0.5) is 8.78 Å². The Morgan fingerprint density at radius 1 is 1.06 bits per heavy atom. The van der Waals surface area contributed by atoms with E-state index in [4.69, 9.17) is 11.6 Å². The zero-order valence-corrected chi connectivity index (χ0v) is 19.0. The first kappa shape index (κ1) is 21.5. The van der Waals surface area contributed by atoms with Crippen molar-refractivity contribution in [2.75, 3.05) is 19.0 Å². The number of carbonyl (C=O) groups excluding carboxylic acids is 1. The standard InChI is InChI=1S/C26H22ClF2N3O2/c27-14-25(34)30-9-10-32(22-13-21(22)30)26(7-8-26)24-11-17(20-6-5-19(29)15-31(20)24)2-1-16-3-4-18(28)12-23(16)33/h3-6,11-12,15,21-22,33H,7-10,13-14H2/t21?,22-/m0/s1. The van der Waals surface area contributed by atoms with Crippen molar-refractivity contribution in [3.63, 3.8) is 0 Å². The molecule has 174 valence electrons. The van der Waals surface area contributed by atoms with Crippen molar-refractivity contribution in [3.8, 4) is 17.6 Å². The van der Waals surface area contributed by atoms with Crippen LogP contribution in [0.2, 0.25) is 0 Å². The summed E-state index contributed by atoms with van der Waals surface area (Å²) < 4.78 is 29.5. The molecule has 3 aliphatic rings. The molecule has 0 radical (unpaired) electrons. The molecule has 3 heterocycles. The van der Waals surface area contributed by atoms with Gasteiger partial charge < -0.3 is 14.4 Å². The first-order chi connectivity index (χ1) is 16.4. The normalized spacial score (nSPS) is 22.7. The number of benzene rings is 1. The van der Waals surface area contributed by atoms with E-state index in [9.17, 15) is 18.7 Å². The van der Waals surface area contributed by atoms with Crippen LogP contribution in [0, 0.1) is 23.5 Å². The minimum atomic E-state index is -0.531. The topological polar surface area (TPSA) is 48.2 Å². The van der Waals surface area contributed by atoms with Crippen LogP contribution in [-0.4, -0.2) is 56.3 Å². The Kier molecular flexibility index (Phi) is 4.87. The highest BCUT2D eigenvalue weighted by Crippen LogP contribution is 2.56. The number of aromatic hydroxyl groups is 1. The van der Waals surface area contributed by atoms with Gasteiger partial charge in [-0.05, 0) is 49.6 Å². The number of nitrogens with zero attached hydrogens (tertiary/aromatic N) is 3. The summed E-state index contributed by atoms with van der Waals surface area (Å²) >= 11 is 5.79. The Balaban J connectivity index is 1.38. The molecule has 6 rings (SSSR count). The second-order valence-corrected chi connectivity index (χ2v) is 9.54. The molecule has 1 aromatic carbocycles. The molecule has 3 aromatic rings. The van der Waals surface area contributed by atoms with Gasteiger partial charge in [-0.25, -0.2) is 8.78 Å². The van der Waals surface area contributed by atoms with Crippen LogP contribution in [-0.2, 0) is 10.3 Å². The van der Waals surface area contributed by atoms with E-state index in [0.29, 0.717) is 17.7 Å². The maximum atomic E-state index is 14.3. The molecule has 8 heteroatoms. The molecule has 1 N–H and O–H groups in total. The van der Waals surface area contributed by atoms with Crippen molar-refractivity contribution in [3.05, 3.63) is 71.1 Å². The van der Waals surface area contributed by atoms with E-state index in [1.165, 1.54) is 24.4 Å². The van der Waals surface area contributed by atoms with Crippen molar-refractivity contribution in [2.24, 2.45) is 0 Å². The van der Waals surface area contributed by atoms with Gasteiger partial charge in [-0.15, -0.1) is 11.6 Å². The van der Waals surface area contributed by atoms with E-state index >= 15 is 0 Å². The van der Waals surface area contributed by atoms with E-state index in [2.05, 4.69) is 16.7 Å². The number of rotatable bonds is 3. The van der Waals surface area contributed by atoms with Gasteiger partial charge in [0.05, 0.1) is 22.2 Å². The van der Waals surface area contributed by atoms with Gasteiger partial charge in [0.2, 0.25) is 5.91 Å². The van der Waals surface area contributed by atoms with Gasteiger partial charge >= 0.3 is 0 Å². The fourth-order valence-corrected chi connectivity index (χ4v) is 5.64. The largest absolute Gasteiger partial charge is 0.507 e. The molecule has 5 nitrogen and oxygen atoms in total. The molecule has 1 amide bonds. The van der Waals surface area contributed by atoms with Crippen molar-refractivity contribution < 1.29 is 18.7 Å². The van der Waals surface area contributed by atoms with Crippen molar-refractivity contribution in [1.82, 2.24) is 14.2 Å². The van der Waals surface area contributed by atoms with Crippen LogP contribution in [0.3, 0.4) is 0 Å². The third kappa shape index (κ3) is 3.36. The minimum absolute atomic E-state index is 0.00260. The van der Waals surface area contributed by atoms with Crippen LogP contribution in [0.25, 0.3) is 5.52 Å². The maximum absolute atomic E-state index is 14.3. The number of halogens is 3. The predicted molar refractivity (Wildman–Crippen MR) is 124 cm³/mol. The van der Waals surface area contributed by atoms with E-state index in [-0.39, 0.29) is 41.0 Å². The average molecular weight is 482 g/mol. The highest BCUT2D eigenvalue weighted by molar-refractivity contribution is 6.27. The fraction of sp³-hybridized carbons (Fsp3) is 0.346. The van der Waals surface area contributed by atoms with E-state index in [1.807, 2.05) is 15.4 Å². The van der Waals surface area contributed by atoms with Crippen LogP contribution < -0.4 is 0 Å². The minimum Gasteiger partial charge on any atom is -0.507 e. The number of hydrogen-bond acceptors (Lipinski definition) is 3. The van der Waals surface area contributed by atoms with Crippen LogP contribution in [0.5, 0.6) is 5.75 Å². The highest BCUT2D eigenvalue weighted by atomic mass is 35.5. The first-order valence-corrected chi connectivity index (χ1v) is 11.9. The summed E-state index contributed by atoms with van der Waals surface area (Å²) in [5, 5.41) is 10.0. The molecule has 1 saturated heterocycles. The molecular weight excluding hydrogens is 460 g/mol. The second kappa shape index (κ2) is 7.72. The lowest BCUT2D eigenvalue weighted by atomic mass is 10.1. The zero-order chi connectivity index (χ0) is 23.6. The van der Waals surface area contributed by atoms with Crippen LogP contribution in [0.1, 0.15) is 36.1 Å². The fourth-order valence-electron chi connectivity index (χ4n) is 5.49. The SMILES string of the molecule is O=C(CCl)N1CCN(C2(c3cc(C#Cc4ccc(F)cc4O)c4ccc(F)cn34)CC2)[C@H]2CC21. The quantitative estimate of drug-likeness (QED) is 0.457. The number of aromatic nitrogens is 1. The Morgan fingerprint density at radius 3 is 2.56 bits per heavy atom. The smallest absolute Gasteiger partial charge is 0.237 e. The summed E-state index contributed by atoms with van der Waals surface area (Å²) in [6.07, 6.45) is 4.32. The number of phenols is 1. The summed E-state index contributed by atoms with van der Waals surface area (Å²) in [5.41, 5.74) is 2.58. The van der Waals surface area contributed by atoms with E-state index in [0.717, 1.165) is 43.1 Å². The molecule has 2 aromatic heterocycles. The number of pyridine rings is 1. The number of hydrogen-bond donors (Lipinski definition) is 1. The van der Waals surface area contributed by atoms with E-state index < -0.39 is 5.82 Å². The van der Waals surface area contributed by atoms with Gasteiger partial charge in [-0.1, -0.05) is 11.8 Å². The Bertz CT molecular complexity index is 1390. The van der Waals surface area contributed by atoms with Gasteiger partial charge in [-0.2, -0.15) is 0 Å². The molecule has 2 aliphatic carbocycles. The molecule has 3 fully saturated rings. The summed E-state index contributed by atoms with van der Waals surface area (Å²) in [6.45, 7) is 1.39. The zero-order valence-electron chi connectivity index (χ0n) is 18.3. The number of phenolic OH excluding ortho intramolecular Hbond substituents is 1. The number of carbonyl (C=O) groups is 1. The first-order valence-electron chi connectivity index (χ1n) is 11.3. The van der Waals surface area contributed by atoms with Gasteiger partial charge in [-0.3, -0.25) is 9.69 Å². The van der Waals surface area contributed by atoms with Gasteiger partial charge in [0.1, 0.15) is 23.3 Å². The lowest BCUT2D eigenvalue weighted by molar-refractivity contribution is -0.131. The Morgan fingerprint density at radius 2 is 1.82 bits per heavy atom. The predicted octanol–water partition coefficient (Wildman–Crippen LogP) is 3.84. The van der Waals surface area contributed by atoms with Crippen LogP contribution >= 0.6 is 11.6 Å². The summed E-state index contributed by atoms with van der Waals surface area (Å²) in [4.78, 5) is 16.5. The number of fused-ring (bicyclic) bond motifs is 2. The van der Waals surface area contributed by atoms with Crippen molar-refractivity contribution in [1.29, 1.82) is 0 Å². The molecular formula is C26H22ClF2N3O2. The molecule has 2 atom stereocenters. The summed E-state index contributed by atoms with van der Waals surface area (Å²) in [5.74, 6) is 4.92. The molecule has 0 bridgehead atoms. The Hall–Kier alpha value is -3.08. The molecule has 2 saturated carbocycles. The molecule has 1 unspecified atom stereocenters. The van der Waals surface area contributed by atoms with Crippen LogP contribution in [0.15, 0.2) is 42.6 Å². The average Bonchev–Trinajstić information content (AvgIpc) is 3.74.